The first-order valence-electron chi connectivity index (χ1n) is 8.21. The van der Waals surface area contributed by atoms with Crippen molar-refractivity contribution in [1.82, 2.24) is 15.3 Å². The van der Waals surface area contributed by atoms with Gasteiger partial charge in [0.1, 0.15) is 0 Å². The van der Waals surface area contributed by atoms with Gasteiger partial charge < -0.3 is 10.3 Å². The molecule has 3 N–H and O–H groups in total. The number of aliphatic imine (C=N–C) groups is 1. The number of hydrogen-bond acceptors (Lipinski definition) is 3. The van der Waals surface area contributed by atoms with E-state index in [1.807, 2.05) is 12.1 Å². The number of imidazole rings is 1. The van der Waals surface area contributed by atoms with Crippen LogP contribution in [0.2, 0.25) is 10.0 Å². The van der Waals surface area contributed by atoms with Crippen molar-refractivity contribution in [1.29, 1.82) is 0 Å². The molecule has 0 aliphatic heterocycles. The number of halogens is 2. The Hall–Kier alpha value is -2.83. The number of rotatable bonds is 5. The number of nitrogens with zero attached hydrogens (tertiary/aromatic N) is 2. The molecule has 1 aromatic heterocycles. The Morgan fingerprint density at radius 2 is 1.89 bits per heavy atom. The minimum atomic E-state index is -0.313. The molecule has 8 heteroatoms. The van der Waals surface area contributed by atoms with Crippen LogP contribution < -0.4 is 10.6 Å². The molecule has 1 heterocycles. The Labute approximate surface area is 166 Å². The zero-order chi connectivity index (χ0) is 19.1. The Balaban J connectivity index is 1.74. The van der Waals surface area contributed by atoms with Crippen molar-refractivity contribution in [3.05, 3.63) is 82.4 Å². The van der Waals surface area contributed by atoms with Crippen LogP contribution in [0.5, 0.6) is 0 Å². The van der Waals surface area contributed by atoms with Gasteiger partial charge in [-0.3, -0.25) is 15.1 Å². The lowest BCUT2D eigenvalue weighted by Gasteiger charge is -2.12. The van der Waals surface area contributed by atoms with Crippen LogP contribution in [0.3, 0.4) is 0 Å². The van der Waals surface area contributed by atoms with Crippen molar-refractivity contribution in [2.45, 2.75) is 6.42 Å². The molecule has 0 fully saturated rings. The predicted octanol–water partition coefficient (Wildman–Crippen LogP) is 4.16. The number of carbonyl (C=O) groups is 1. The highest BCUT2D eigenvalue weighted by molar-refractivity contribution is 6.31. The number of anilines is 1. The van der Waals surface area contributed by atoms with Crippen molar-refractivity contribution in [2.75, 3.05) is 11.9 Å². The molecular weight excluding hydrogens is 385 g/mol. The molecule has 0 spiro atoms. The van der Waals surface area contributed by atoms with Crippen molar-refractivity contribution >= 4 is 40.8 Å². The summed E-state index contributed by atoms with van der Waals surface area (Å²) in [4.78, 5) is 24.0. The van der Waals surface area contributed by atoms with Crippen molar-refractivity contribution in [3.8, 4) is 0 Å². The molecular formula is C19H17Cl2N5O. The van der Waals surface area contributed by atoms with Crippen molar-refractivity contribution in [2.24, 2.45) is 4.99 Å². The lowest BCUT2D eigenvalue weighted by molar-refractivity contribution is 0.0977. The second kappa shape index (κ2) is 9.21. The third-order valence-corrected chi connectivity index (χ3v) is 4.08. The maximum Gasteiger partial charge on any atom is 0.258 e. The van der Waals surface area contributed by atoms with E-state index in [1.165, 1.54) is 0 Å². The van der Waals surface area contributed by atoms with Gasteiger partial charge in [0.2, 0.25) is 5.96 Å². The van der Waals surface area contributed by atoms with Crippen LogP contribution in [0.25, 0.3) is 0 Å². The van der Waals surface area contributed by atoms with Gasteiger partial charge >= 0.3 is 0 Å². The first-order chi connectivity index (χ1) is 13.1. The SMILES string of the molecule is O=C(NC(=NCCc1cnc[nH]1)Nc1cccc(Cl)c1)c1cccc(Cl)c1. The zero-order valence-corrected chi connectivity index (χ0v) is 15.8. The molecule has 0 bridgehead atoms. The van der Waals surface area contributed by atoms with Gasteiger partial charge in [0, 0.05) is 46.2 Å². The van der Waals surface area contributed by atoms with E-state index >= 15 is 0 Å². The normalized spacial score (nSPS) is 11.3. The number of benzene rings is 2. The van der Waals surface area contributed by atoms with Crippen LogP contribution in [0.15, 0.2) is 66.0 Å². The summed E-state index contributed by atoms with van der Waals surface area (Å²) in [7, 11) is 0. The average molecular weight is 402 g/mol. The van der Waals surface area contributed by atoms with E-state index in [1.54, 1.807) is 48.9 Å². The van der Waals surface area contributed by atoms with Gasteiger partial charge in [-0.2, -0.15) is 0 Å². The van der Waals surface area contributed by atoms with Crippen LogP contribution in [0.1, 0.15) is 16.1 Å². The number of aromatic nitrogens is 2. The average Bonchev–Trinajstić information content (AvgIpc) is 3.15. The van der Waals surface area contributed by atoms with Crippen molar-refractivity contribution < 1.29 is 4.79 Å². The fourth-order valence-electron chi connectivity index (χ4n) is 2.33. The summed E-state index contributed by atoms with van der Waals surface area (Å²) < 4.78 is 0. The first kappa shape index (κ1) is 18.9. The highest BCUT2D eigenvalue weighted by Crippen LogP contribution is 2.15. The number of carbonyl (C=O) groups excluding carboxylic acids is 1. The van der Waals surface area contributed by atoms with E-state index in [-0.39, 0.29) is 5.91 Å². The summed E-state index contributed by atoms with van der Waals surface area (Å²) in [6.07, 6.45) is 4.02. The molecule has 0 aliphatic carbocycles. The van der Waals surface area contributed by atoms with Crippen LogP contribution in [0.4, 0.5) is 5.69 Å². The van der Waals surface area contributed by atoms with Crippen molar-refractivity contribution in [3.63, 3.8) is 0 Å². The van der Waals surface area contributed by atoms with Gasteiger partial charge in [-0.05, 0) is 36.4 Å². The Morgan fingerprint density at radius 3 is 2.59 bits per heavy atom. The maximum atomic E-state index is 12.5. The summed E-state index contributed by atoms with van der Waals surface area (Å²) >= 11 is 12.0. The smallest absolute Gasteiger partial charge is 0.258 e. The fourth-order valence-corrected chi connectivity index (χ4v) is 2.71. The quantitative estimate of drug-likeness (QED) is 0.443. The minimum Gasteiger partial charge on any atom is -0.348 e. The van der Waals surface area contributed by atoms with Gasteiger partial charge in [-0.1, -0.05) is 35.3 Å². The molecule has 1 amide bonds. The van der Waals surface area contributed by atoms with Gasteiger partial charge in [0.25, 0.3) is 5.91 Å². The minimum absolute atomic E-state index is 0.313. The van der Waals surface area contributed by atoms with E-state index < -0.39 is 0 Å². The van der Waals surface area contributed by atoms with Crippen LogP contribution in [-0.2, 0) is 6.42 Å². The Bertz CT molecular complexity index is 941. The van der Waals surface area contributed by atoms with Gasteiger partial charge in [0.15, 0.2) is 0 Å². The number of nitrogens with one attached hydrogen (secondary N) is 3. The molecule has 3 aromatic rings. The van der Waals surface area contributed by atoms with E-state index in [4.69, 9.17) is 23.2 Å². The summed E-state index contributed by atoms with van der Waals surface area (Å²) in [5.41, 5.74) is 2.12. The lowest BCUT2D eigenvalue weighted by atomic mass is 10.2. The number of H-pyrrole nitrogens is 1. The zero-order valence-electron chi connectivity index (χ0n) is 14.2. The first-order valence-corrected chi connectivity index (χ1v) is 8.97. The van der Waals surface area contributed by atoms with E-state index in [0.717, 1.165) is 5.69 Å². The molecule has 0 aliphatic rings. The highest BCUT2D eigenvalue weighted by Gasteiger charge is 2.10. The molecule has 138 valence electrons. The molecule has 3 rings (SSSR count). The number of aromatic amines is 1. The lowest BCUT2D eigenvalue weighted by Crippen LogP contribution is -2.36. The molecule has 6 nitrogen and oxygen atoms in total. The number of hydrogen-bond donors (Lipinski definition) is 3. The summed E-state index contributed by atoms with van der Waals surface area (Å²) in [6.45, 7) is 0.459. The molecule has 27 heavy (non-hydrogen) atoms. The number of amides is 1. The Morgan fingerprint density at radius 1 is 1.11 bits per heavy atom. The Kier molecular flexibility index (Phi) is 6.46. The third kappa shape index (κ3) is 5.84. The highest BCUT2D eigenvalue weighted by atomic mass is 35.5. The monoisotopic (exact) mass is 401 g/mol. The molecule has 0 radical (unpaired) electrons. The second-order valence-corrected chi connectivity index (χ2v) is 6.53. The third-order valence-electron chi connectivity index (χ3n) is 3.61. The van der Waals surface area contributed by atoms with Gasteiger partial charge in [-0.25, -0.2) is 4.98 Å². The van der Waals surface area contributed by atoms with E-state index in [9.17, 15) is 4.79 Å². The maximum absolute atomic E-state index is 12.5. The van der Waals surface area contributed by atoms with E-state index in [0.29, 0.717) is 40.2 Å². The molecule has 2 aromatic carbocycles. The molecule has 0 saturated carbocycles. The van der Waals surface area contributed by atoms with E-state index in [2.05, 4.69) is 25.6 Å². The summed E-state index contributed by atoms with van der Waals surface area (Å²) in [6, 6.07) is 13.9. The van der Waals surface area contributed by atoms with Gasteiger partial charge in [-0.15, -0.1) is 0 Å². The molecule has 0 unspecified atom stereocenters. The summed E-state index contributed by atoms with van der Waals surface area (Å²) in [5.74, 6) is 0.00840. The van der Waals surface area contributed by atoms with Gasteiger partial charge in [0.05, 0.1) is 6.33 Å². The fraction of sp³-hybridized carbons (Fsp3) is 0.105. The van der Waals surface area contributed by atoms with Crippen LogP contribution >= 0.6 is 23.2 Å². The standard InChI is InChI=1S/C19H17Cl2N5O/c20-14-4-1-3-13(9-14)18(27)26-19(23-8-7-17-11-22-12-24-17)25-16-6-2-5-15(21)10-16/h1-6,9-12H,7-8H2,(H,22,24)(H2,23,25,26,27). The summed E-state index contributed by atoms with van der Waals surface area (Å²) in [5, 5.41) is 6.94. The molecule has 0 saturated heterocycles. The topological polar surface area (TPSA) is 82.2 Å². The predicted molar refractivity (Wildman–Crippen MR) is 109 cm³/mol. The van der Waals surface area contributed by atoms with Crippen LogP contribution in [0, 0.1) is 0 Å². The second-order valence-electron chi connectivity index (χ2n) is 5.66. The van der Waals surface area contributed by atoms with Crippen LogP contribution in [-0.4, -0.2) is 28.4 Å². The largest absolute Gasteiger partial charge is 0.348 e. The molecule has 0 atom stereocenters. The number of guanidine groups is 1.